The number of carbonyl (C=O) groups excluding carboxylic acids is 1. The monoisotopic (exact) mass is 319 g/mol. The van der Waals surface area contributed by atoms with Crippen LogP contribution in [0.3, 0.4) is 0 Å². The number of ether oxygens (including phenoxy) is 2. The van der Waals surface area contributed by atoms with E-state index >= 15 is 0 Å². The summed E-state index contributed by atoms with van der Waals surface area (Å²) in [5, 5.41) is 7.85. The summed E-state index contributed by atoms with van der Waals surface area (Å²) < 4.78 is 11.9. The Labute approximate surface area is 137 Å². The lowest BCUT2D eigenvalue weighted by atomic mass is 10.2. The number of aromatic nitrogens is 3. The van der Waals surface area contributed by atoms with Gasteiger partial charge in [0.05, 0.1) is 5.52 Å². The average molecular weight is 319 g/mol. The molecule has 0 unspecified atom stereocenters. The minimum Gasteiger partial charge on any atom is -0.454 e. The third-order valence-corrected chi connectivity index (χ3v) is 3.60. The Morgan fingerprint density at radius 3 is 2.92 bits per heavy atom. The van der Waals surface area contributed by atoms with Crippen LogP contribution in [0, 0.1) is 0 Å². The first kappa shape index (κ1) is 14.2. The Bertz CT molecular complexity index is 973. The predicted molar refractivity (Wildman–Crippen MR) is 88.9 cm³/mol. The van der Waals surface area contributed by atoms with Crippen LogP contribution in [0.1, 0.15) is 10.4 Å². The number of para-hydroxylation sites is 1. The first-order valence-electron chi connectivity index (χ1n) is 7.40. The second-order valence-electron chi connectivity index (χ2n) is 5.16. The summed E-state index contributed by atoms with van der Waals surface area (Å²) in [6.07, 6.45) is 6.79. The smallest absolute Gasteiger partial charge is 0.272 e. The molecule has 0 aliphatic carbocycles. The van der Waals surface area contributed by atoms with E-state index in [9.17, 15) is 4.79 Å². The highest BCUT2D eigenvalue weighted by atomic mass is 16.7. The lowest BCUT2D eigenvalue weighted by Gasteiger charge is -1.97. The molecule has 0 spiro atoms. The summed E-state index contributed by atoms with van der Waals surface area (Å²) >= 11 is 0. The minimum absolute atomic E-state index is 0.251. The van der Waals surface area contributed by atoms with Crippen molar-refractivity contribution in [1.29, 1.82) is 0 Å². The van der Waals surface area contributed by atoms with Gasteiger partial charge in [-0.15, -0.1) is 5.10 Å². The van der Waals surface area contributed by atoms with E-state index in [-0.39, 0.29) is 12.7 Å². The van der Waals surface area contributed by atoms with E-state index in [2.05, 4.69) is 10.3 Å². The molecule has 24 heavy (non-hydrogen) atoms. The Morgan fingerprint density at radius 1 is 1.08 bits per heavy atom. The van der Waals surface area contributed by atoms with E-state index in [1.54, 1.807) is 12.2 Å². The molecule has 118 valence electrons. The van der Waals surface area contributed by atoms with Crippen LogP contribution < -0.4 is 9.47 Å². The summed E-state index contributed by atoms with van der Waals surface area (Å²) in [5.41, 5.74) is 2.34. The van der Waals surface area contributed by atoms with Gasteiger partial charge in [-0.05, 0) is 29.8 Å². The quantitative estimate of drug-likeness (QED) is 0.548. The Morgan fingerprint density at radius 2 is 1.96 bits per heavy atom. The van der Waals surface area contributed by atoms with Crippen molar-refractivity contribution < 1.29 is 14.3 Å². The van der Waals surface area contributed by atoms with Crippen molar-refractivity contribution in [3.63, 3.8) is 0 Å². The molecule has 1 aliphatic rings. The second-order valence-corrected chi connectivity index (χ2v) is 5.16. The van der Waals surface area contributed by atoms with E-state index < -0.39 is 0 Å². The topological polar surface area (TPSA) is 66.2 Å². The van der Waals surface area contributed by atoms with Gasteiger partial charge in [0, 0.05) is 6.08 Å². The maximum atomic E-state index is 12.2. The van der Waals surface area contributed by atoms with Crippen molar-refractivity contribution >= 4 is 23.0 Å². The van der Waals surface area contributed by atoms with Gasteiger partial charge < -0.3 is 9.47 Å². The third kappa shape index (κ3) is 2.65. The molecule has 0 N–H and O–H groups in total. The van der Waals surface area contributed by atoms with Gasteiger partial charge in [-0.2, -0.15) is 4.68 Å². The molecule has 6 heteroatoms. The number of fused-ring (bicyclic) bond motifs is 2. The first-order valence-corrected chi connectivity index (χ1v) is 7.40. The number of carbonyl (C=O) groups is 1. The normalized spacial score (nSPS) is 13.3. The molecule has 6 nitrogen and oxygen atoms in total. The second kappa shape index (κ2) is 6.00. The Hall–Kier alpha value is -3.41. The standard InChI is InChI=1S/C18H13N3O3/c22-18(21-15-7-3-2-6-14(15)19-20-21)8-4-1-5-13-9-10-16-17(11-13)24-12-23-16/h1-11H,12H2/b5-1+,8-4+. The zero-order valence-corrected chi connectivity index (χ0v) is 12.6. The minimum atomic E-state index is -0.251. The molecule has 2 aromatic carbocycles. The zero-order chi connectivity index (χ0) is 16.4. The number of hydrogen-bond donors (Lipinski definition) is 0. The van der Waals surface area contributed by atoms with E-state index in [1.807, 2.05) is 48.5 Å². The van der Waals surface area contributed by atoms with E-state index in [4.69, 9.17) is 9.47 Å². The number of hydrogen-bond acceptors (Lipinski definition) is 5. The average Bonchev–Trinajstić information content (AvgIpc) is 3.24. The van der Waals surface area contributed by atoms with Crippen LogP contribution in [0.25, 0.3) is 17.1 Å². The molecule has 0 radical (unpaired) electrons. The van der Waals surface area contributed by atoms with Crippen molar-refractivity contribution in [3.05, 3.63) is 66.3 Å². The highest BCUT2D eigenvalue weighted by Crippen LogP contribution is 2.32. The first-order chi connectivity index (χ1) is 11.8. The molecular weight excluding hydrogens is 306 g/mol. The largest absolute Gasteiger partial charge is 0.454 e. The number of rotatable bonds is 3. The van der Waals surface area contributed by atoms with Crippen molar-refractivity contribution in [2.75, 3.05) is 6.79 Å². The summed E-state index contributed by atoms with van der Waals surface area (Å²) in [7, 11) is 0. The maximum absolute atomic E-state index is 12.2. The van der Waals surface area contributed by atoms with Crippen LogP contribution in [0.4, 0.5) is 0 Å². The molecule has 0 saturated heterocycles. The molecule has 2 heterocycles. The summed E-state index contributed by atoms with van der Waals surface area (Å²) in [5.74, 6) is 1.22. The lowest BCUT2D eigenvalue weighted by molar-refractivity contribution is 0.0957. The third-order valence-electron chi connectivity index (χ3n) is 3.60. The fraction of sp³-hybridized carbons (Fsp3) is 0.0556. The molecule has 0 bridgehead atoms. The van der Waals surface area contributed by atoms with Gasteiger partial charge in [0.15, 0.2) is 11.5 Å². The molecule has 0 amide bonds. The van der Waals surface area contributed by atoms with Crippen LogP contribution >= 0.6 is 0 Å². The predicted octanol–water partition coefficient (Wildman–Crippen LogP) is 3.07. The molecule has 3 aromatic rings. The molecule has 0 saturated carbocycles. The fourth-order valence-electron chi connectivity index (χ4n) is 2.42. The molecule has 0 fully saturated rings. The van der Waals surface area contributed by atoms with Gasteiger partial charge in [0.25, 0.3) is 5.91 Å². The SMILES string of the molecule is O=C(/C=C/C=C/c1ccc2c(c1)OCO2)n1nnc2ccccc21. The zero-order valence-electron chi connectivity index (χ0n) is 12.6. The highest BCUT2D eigenvalue weighted by Gasteiger charge is 2.12. The maximum Gasteiger partial charge on any atom is 0.272 e. The molecule has 1 aromatic heterocycles. The molecule has 1 aliphatic heterocycles. The summed E-state index contributed by atoms with van der Waals surface area (Å²) in [6, 6.07) is 13.0. The van der Waals surface area contributed by atoms with Crippen LogP contribution in [0.2, 0.25) is 0 Å². The molecular formula is C18H13N3O3. The van der Waals surface area contributed by atoms with E-state index in [0.29, 0.717) is 11.0 Å². The van der Waals surface area contributed by atoms with Crippen molar-refractivity contribution in [2.24, 2.45) is 0 Å². The van der Waals surface area contributed by atoms with Gasteiger partial charge in [-0.3, -0.25) is 4.79 Å². The van der Waals surface area contributed by atoms with Gasteiger partial charge in [-0.25, -0.2) is 0 Å². The molecule has 4 rings (SSSR count). The van der Waals surface area contributed by atoms with Crippen LogP contribution in [-0.4, -0.2) is 27.7 Å². The number of allylic oxidation sites excluding steroid dienone is 3. The van der Waals surface area contributed by atoms with Crippen LogP contribution in [0.5, 0.6) is 11.5 Å². The van der Waals surface area contributed by atoms with Crippen LogP contribution in [0.15, 0.2) is 60.7 Å². The summed E-state index contributed by atoms with van der Waals surface area (Å²) in [4.78, 5) is 12.2. The Balaban J connectivity index is 1.48. The van der Waals surface area contributed by atoms with Crippen molar-refractivity contribution in [2.45, 2.75) is 0 Å². The molecule has 0 atom stereocenters. The van der Waals surface area contributed by atoms with Gasteiger partial charge in [-0.1, -0.05) is 41.6 Å². The van der Waals surface area contributed by atoms with Gasteiger partial charge in [0.1, 0.15) is 5.52 Å². The number of benzene rings is 2. The fourth-order valence-corrected chi connectivity index (χ4v) is 2.42. The van der Waals surface area contributed by atoms with Crippen molar-refractivity contribution in [1.82, 2.24) is 15.0 Å². The van der Waals surface area contributed by atoms with E-state index in [0.717, 1.165) is 17.1 Å². The van der Waals surface area contributed by atoms with Crippen molar-refractivity contribution in [3.8, 4) is 11.5 Å². The van der Waals surface area contributed by atoms with E-state index in [1.165, 1.54) is 10.8 Å². The Kier molecular flexibility index (Phi) is 3.55. The van der Waals surface area contributed by atoms with Gasteiger partial charge in [0.2, 0.25) is 6.79 Å². The summed E-state index contributed by atoms with van der Waals surface area (Å²) in [6.45, 7) is 0.253. The highest BCUT2D eigenvalue weighted by molar-refractivity contribution is 5.95. The number of nitrogens with zero attached hydrogens (tertiary/aromatic N) is 3. The van der Waals surface area contributed by atoms with Crippen LogP contribution in [-0.2, 0) is 0 Å². The lowest BCUT2D eigenvalue weighted by Crippen LogP contribution is -2.08. The van der Waals surface area contributed by atoms with Gasteiger partial charge >= 0.3 is 0 Å².